The lowest BCUT2D eigenvalue weighted by atomic mass is 10.1. The van der Waals surface area contributed by atoms with Crippen LogP contribution in [-0.2, 0) is 4.74 Å². The summed E-state index contributed by atoms with van der Waals surface area (Å²) in [5, 5.41) is 3.44. The number of anilines is 1. The van der Waals surface area contributed by atoms with Crippen LogP contribution in [0.25, 0.3) is 0 Å². The summed E-state index contributed by atoms with van der Waals surface area (Å²) in [5.74, 6) is 0. The van der Waals surface area contributed by atoms with Gasteiger partial charge in [-0.1, -0.05) is 6.07 Å². The van der Waals surface area contributed by atoms with Crippen LogP contribution in [-0.4, -0.2) is 19.3 Å². The molecule has 1 rings (SSSR count). The van der Waals surface area contributed by atoms with Crippen LogP contribution in [0.5, 0.6) is 0 Å². The molecule has 2 nitrogen and oxygen atoms in total. The second-order valence-corrected chi connectivity index (χ2v) is 5.02. The molecule has 0 unspecified atom stereocenters. The zero-order chi connectivity index (χ0) is 12.2. The third-order valence-electron chi connectivity index (χ3n) is 2.83. The first-order valence-electron chi connectivity index (χ1n) is 5.80. The van der Waals surface area contributed by atoms with Gasteiger partial charge in [0.05, 0.1) is 5.60 Å². The standard InChI is InChI=1S/C14H23NO/c1-11-8-12(2)10-13(9-11)15-7-6-14(3,4)16-5/h8-10,15H,6-7H2,1-5H3. The lowest BCUT2D eigenvalue weighted by Crippen LogP contribution is -2.25. The molecule has 90 valence electrons. The van der Waals surface area contributed by atoms with Crippen LogP contribution < -0.4 is 5.32 Å². The fraction of sp³-hybridized carbons (Fsp3) is 0.571. The first-order valence-corrected chi connectivity index (χ1v) is 5.80. The molecule has 0 saturated heterocycles. The van der Waals surface area contributed by atoms with Gasteiger partial charge in [0.25, 0.3) is 0 Å². The molecule has 1 aromatic rings. The molecule has 0 bridgehead atoms. The largest absolute Gasteiger partial charge is 0.385 e. The minimum Gasteiger partial charge on any atom is -0.385 e. The molecule has 2 heteroatoms. The van der Waals surface area contributed by atoms with Crippen molar-refractivity contribution in [3.63, 3.8) is 0 Å². The van der Waals surface area contributed by atoms with E-state index in [9.17, 15) is 0 Å². The Morgan fingerprint density at radius 1 is 1.12 bits per heavy atom. The van der Waals surface area contributed by atoms with E-state index < -0.39 is 0 Å². The van der Waals surface area contributed by atoms with E-state index in [2.05, 4.69) is 51.2 Å². The number of aryl methyl sites for hydroxylation is 2. The highest BCUT2D eigenvalue weighted by Gasteiger charge is 2.15. The van der Waals surface area contributed by atoms with Gasteiger partial charge in [-0.05, 0) is 57.4 Å². The summed E-state index contributed by atoms with van der Waals surface area (Å²) >= 11 is 0. The quantitative estimate of drug-likeness (QED) is 0.821. The SMILES string of the molecule is COC(C)(C)CCNc1cc(C)cc(C)c1. The van der Waals surface area contributed by atoms with Crippen molar-refractivity contribution in [1.82, 2.24) is 0 Å². The first-order chi connectivity index (χ1) is 7.43. The minimum absolute atomic E-state index is 0.0497. The van der Waals surface area contributed by atoms with Gasteiger partial charge in [-0.25, -0.2) is 0 Å². The molecule has 0 amide bonds. The molecular weight excluding hydrogens is 198 g/mol. The molecule has 0 aliphatic heterocycles. The number of nitrogens with one attached hydrogen (secondary N) is 1. The van der Waals surface area contributed by atoms with E-state index in [1.54, 1.807) is 7.11 Å². The van der Waals surface area contributed by atoms with Gasteiger partial charge in [-0.15, -0.1) is 0 Å². The van der Waals surface area contributed by atoms with Crippen LogP contribution in [0, 0.1) is 13.8 Å². The van der Waals surface area contributed by atoms with Crippen molar-refractivity contribution in [3.05, 3.63) is 29.3 Å². The Balaban J connectivity index is 2.49. The van der Waals surface area contributed by atoms with Crippen LogP contribution in [0.15, 0.2) is 18.2 Å². The highest BCUT2D eigenvalue weighted by Crippen LogP contribution is 2.16. The van der Waals surface area contributed by atoms with Gasteiger partial charge in [0.1, 0.15) is 0 Å². The summed E-state index contributed by atoms with van der Waals surface area (Å²) in [4.78, 5) is 0. The van der Waals surface area contributed by atoms with Crippen molar-refractivity contribution >= 4 is 5.69 Å². The van der Waals surface area contributed by atoms with Gasteiger partial charge in [0, 0.05) is 19.3 Å². The molecule has 16 heavy (non-hydrogen) atoms. The molecule has 0 spiro atoms. The molecule has 0 atom stereocenters. The fourth-order valence-corrected chi connectivity index (χ4v) is 1.69. The van der Waals surface area contributed by atoms with Crippen LogP contribution in [0.3, 0.4) is 0 Å². The monoisotopic (exact) mass is 221 g/mol. The zero-order valence-electron chi connectivity index (χ0n) is 11.1. The first kappa shape index (κ1) is 13.0. The van der Waals surface area contributed by atoms with Crippen LogP contribution in [0.2, 0.25) is 0 Å². The van der Waals surface area contributed by atoms with E-state index in [1.165, 1.54) is 16.8 Å². The molecule has 0 heterocycles. The number of hydrogen-bond donors (Lipinski definition) is 1. The van der Waals surface area contributed by atoms with Crippen molar-refractivity contribution < 1.29 is 4.74 Å². The zero-order valence-corrected chi connectivity index (χ0v) is 11.1. The summed E-state index contributed by atoms with van der Waals surface area (Å²) in [6.45, 7) is 9.39. The van der Waals surface area contributed by atoms with Crippen LogP contribution in [0.4, 0.5) is 5.69 Å². The van der Waals surface area contributed by atoms with E-state index in [4.69, 9.17) is 4.74 Å². The van der Waals surface area contributed by atoms with Gasteiger partial charge in [-0.2, -0.15) is 0 Å². The van der Waals surface area contributed by atoms with Crippen molar-refractivity contribution in [1.29, 1.82) is 0 Å². The normalized spacial score (nSPS) is 11.6. The van der Waals surface area contributed by atoms with Crippen molar-refractivity contribution in [2.45, 2.75) is 39.7 Å². The molecule has 0 radical (unpaired) electrons. The van der Waals surface area contributed by atoms with Gasteiger partial charge >= 0.3 is 0 Å². The molecule has 1 aromatic carbocycles. The Kier molecular flexibility index (Phi) is 4.36. The molecule has 0 aliphatic rings. The molecule has 0 aromatic heterocycles. The molecular formula is C14H23NO. The average Bonchev–Trinajstić information content (AvgIpc) is 2.16. The Labute approximate surface area is 99.0 Å². The number of rotatable bonds is 5. The molecule has 1 N–H and O–H groups in total. The Morgan fingerprint density at radius 3 is 2.19 bits per heavy atom. The summed E-state index contributed by atoms with van der Waals surface area (Å²) < 4.78 is 5.38. The van der Waals surface area contributed by atoms with Crippen molar-refractivity contribution in [2.24, 2.45) is 0 Å². The minimum atomic E-state index is -0.0497. The summed E-state index contributed by atoms with van der Waals surface area (Å²) in [7, 11) is 1.76. The van der Waals surface area contributed by atoms with E-state index in [1.807, 2.05) is 0 Å². The van der Waals surface area contributed by atoms with E-state index >= 15 is 0 Å². The smallest absolute Gasteiger partial charge is 0.0639 e. The molecule has 0 saturated carbocycles. The third kappa shape index (κ3) is 4.23. The Morgan fingerprint density at radius 2 is 1.69 bits per heavy atom. The second-order valence-electron chi connectivity index (χ2n) is 5.02. The summed E-state index contributed by atoms with van der Waals surface area (Å²) in [5.41, 5.74) is 3.75. The predicted molar refractivity (Wildman–Crippen MR) is 70.1 cm³/mol. The van der Waals surface area contributed by atoms with Gasteiger partial charge in [0.15, 0.2) is 0 Å². The van der Waals surface area contributed by atoms with E-state index in [0.717, 1.165) is 13.0 Å². The van der Waals surface area contributed by atoms with Gasteiger partial charge in [0.2, 0.25) is 0 Å². The van der Waals surface area contributed by atoms with Gasteiger partial charge < -0.3 is 10.1 Å². The number of ether oxygens (including phenoxy) is 1. The number of hydrogen-bond acceptors (Lipinski definition) is 2. The van der Waals surface area contributed by atoms with Crippen LogP contribution >= 0.6 is 0 Å². The highest BCUT2D eigenvalue weighted by atomic mass is 16.5. The molecule has 0 fully saturated rings. The predicted octanol–water partition coefficient (Wildman–Crippen LogP) is 3.53. The summed E-state index contributed by atoms with van der Waals surface area (Å²) in [6, 6.07) is 6.53. The highest BCUT2D eigenvalue weighted by molar-refractivity contribution is 5.48. The summed E-state index contributed by atoms with van der Waals surface area (Å²) in [6.07, 6.45) is 0.997. The average molecular weight is 221 g/mol. The van der Waals surface area contributed by atoms with Crippen molar-refractivity contribution in [3.8, 4) is 0 Å². The Hall–Kier alpha value is -1.02. The fourth-order valence-electron chi connectivity index (χ4n) is 1.69. The lowest BCUT2D eigenvalue weighted by molar-refractivity contribution is 0.0185. The van der Waals surface area contributed by atoms with E-state index in [0.29, 0.717) is 0 Å². The third-order valence-corrected chi connectivity index (χ3v) is 2.83. The maximum atomic E-state index is 5.38. The van der Waals surface area contributed by atoms with Crippen LogP contribution in [0.1, 0.15) is 31.4 Å². The molecule has 0 aliphatic carbocycles. The maximum absolute atomic E-state index is 5.38. The lowest BCUT2D eigenvalue weighted by Gasteiger charge is -2.23. The van der Waals surface area contributed by atoms with Crippen molar-refractivity contribution in [2.75, 3.05) is 19.0 Å². The maximum Gasteiger partial charge on any atom is 0.0639 e. The second kappa shape index (κ2) is 5.35. The number of methoxy groups -OCH3 is 1. The van der Waals surface area contributed by atoms with Gasteiger partial charge in [-0.3, -0.25) is 0 Å². The topological polar surface area (TPSA) is 21.3 Å². The number of benzene rings is 1. The Bertz CT molecular complexity index is 324. The van der Waals surface area contributed by atoms with E-state index in [-0.39, 0.29) is 5.60 Å².